The van der Waals surface area contributed by atoms with Gasteiger partial charge in [0.15, 0.2) is 23.0 Å². The van der Waals surface area contributed by atoms with Gasteiger partial charge in [0, 0.05) is 0 Å². The van der Waals surface area contributed by atoms with Gasteiger partial charge in [0.2, 0.25) is 0 Å². The van der Waals surface area contributed by atoms with Crippen molar-refractivity contribution in [3.05, 3.63) is 78.9 Å². The lowest BCUT2D eigenvalue weighted by Gasteiger charge is -2.14. The Morgan fingerprint density at radius 3 is 1.08 bits per heavy atom. The third-order valence-corrected chi connectivity index (χ3v) is 8.57. The number of benzene rings is 2. The summed E-state index contributed by atoms with van der Waals surface area (Å²) in [5.74, 6) is 2.68. The highest BCUT2D eigenvalue weighted by Gasteiger charge is 2.09. The van der Waals surface area contributed by atoms with Gasteiger partial charge in [0.05, 0.1) is 26.4 Å². The van der Waals surface area contributed by atoms with E-state index >= 15 is 0 Å². The summed E-state index contributed by atoms with van der Waals surface area (Å²) in [5, 5.41) is 0.328. The fourth-order valence-electron chi connectivity index (χ4n) is 5.57. The molecule has 8 heteroatoms. The molecule has 3 rings (SSSR count). The van der Waals surface area contributed by atoms with Gasteiger partial charge in [0.1, 0.15) is 10.7 Å². The van der Waals surface area contributed by atoms with E-state index in [-0.39, 0.29) is 10.7 Å². The van der Waals surface area contributed by atoms with E-state index in [9.17, 15) is 9.59 Å². The SMILES string of the molecule is CCCCCCOc1ccc(/C=c2\[nH]c(=O)/c(=C/c3ccc(OCCCCCC)c(OCCCCCC)c3)[nH]c2=O)cc1OCCCCCC. The molecule has 0 amide bonds. The average Bonchev–Trinajstić information content (AvgIpc) is 3.11. The van der Waals surface area contributed by atoms with Crippen LogP contribution in [0.5, 0.6) is 23.0 Å². The normalized spacial score (nSPS) is 12.0. The van der Waals surface area contributed by atoms with Gasteiger partial charge in [-0.1, -0.05) is 117 Å². The molecular formula is C42H62N2O6. The van der Waals surface area contributed by atoms with Crippen molar-refractivity contribution in [1.29, 1.82) is 0 Å². The molecule has 0 radical (unpaired) electrons. The fraction of sp³-hybridized carbons (Fsp3) is 0.571. The summed E-state index contributed by atoms with van der Waals surface area (Å²) in [6.45, 7) is 11.2. The Hall–Kier alpha value is -3.94. The van der Waals surface area contributed by atoms with Crippen LogP contribution in [-0.4, -0.2) is 36.4 Å². The molecule has 0 aliphatic rings. The summed E-state index contributed by atoms with van der Waals surface area (Å²) in [4.78, 5) is 32.0. The molecule has 1 heterocycles. The first-order chi connectivity index (χ1) is 24.5. The van der Waals surface area contributed by atoms with Crippen LogP contribution in [0.1, 0.15) is 142 Å². The minimum atomic E-state index is -0.395. The number of unbranched alkanes of at least 4 members (excludes halogenated alkanes) is 12. The highest BCUT2D eigenvalue weighted by molar-refractivity contribution is 5.56. The minimum Gasteiger partial charge on any atom is -0.490 e. The molecule has 0 unspecified atom stereocenters. The van der Waals surface area contributed by atoms with Crippen LogP contribution < -0.4 is 40.8 Å². The molecule has 0 fully saturated rings. The van der Waals surface area contributed by atoms with Crippen LogP contribution in [0.25, 0.3) is 12.2 Å². The summed E-state index contributed by atoms with van der Waals surface area (Å²) in [5.41, 5.74) is 0.675. The van der Waals surface area contributed by atoms with Crippen LogP contribution >= 0.6 is 0 Å². The molecular weight excluding hydrogens is 628 g/mol. The zero-order chi connectivity index (χ0) is 35.8. The molecule has 2 aromatic carbocycles. The maximum Gasteiger partial charge on any atom is 0.272 e. The Labute approximate surface area is 299 Å². The minimum absolute atomic E-state index is 0.164. The highest BCUT2D eigenvalue weighted by Crippen LogP contribution is 2.30. The van der Waals surface area contributed by atoms with Gasteiger partial charge in [-0.15, -0.1) is 0 Å². The van der Waals surface area contributed by atoms with Crippen LogP contribution in [-0.2, 0) is 0 Å². The maximum atomic E-state index is 13.2. The number of hydrogen-bond acceptors (Lipinski definition) is 6. The molecule has 276 valence electrons. The summed E-state index contributed by atoms with van der Waals surface area (Å²) < 4.78 is 24.5. The molecule has 8 nitrogen and oxygen atoms in total. The molecule has 0 aliphatic carbocycles. The van der Waals surface area contributed by atoms with Crippen molar-refractivity contribution in [2.24, 2.45) is 0 Å². The molecule has 50 heavy (non-hydrogen) atoms. The van der Waals surface area contributed by atoms with Gasteiger partial charge >= 0.3 is 0 Å². The van der Waals surface area contributed by atoms with E-state index in [1.165, 1.54) is 38.5 Å². The second-order valence-electron chi connectivity index (χ2n) is 13.1. The van der Waals surface area contributed by atoms with Crippen molar-refractivity contribution in [3.63, 3.8) is 0 Å². The van der Waals surface area contributed by atoms with E-state index in [0.29, 0.717) is 49.4 Å². The van der Waals surface area contributed by atoms with Gasteiger partial charge in [-0.3, -0.25) is 9.59 Å². The van der Waals surface area contributed by atoms with Crippen molar-refractivity contribution in [2.75, 3.05) is 26.4 Å². The molecule has 0 bridgehead atoms. The molecule has 0 saturated heterocycles. The molecule has 0 spiro atoms. The van der Waals surface area contributed by atoms with E-state index in [4.69, 9.17) is 18.9 Å². The van der Waals surface area contributed by atoms with Crippen molar-refractivity contribution in [2.45, 2.75) is 130 Å². The highest BCUT2D eigenvalue weighted by atomic mass is 16.5. The van der Waals surface area contributed by atoms with Gasteiger partial charge in [-0.05, 0) is 73.2 Å². The summed E-state index contributed by atoms with van der Waals surface area (Å²) in [6, 6.07) is 11.3. The number of H-pyrrole nitrogens is 2. The van der Waals surface area contributed by atoms with Crippen LogP contribution in [0, 0.1) is 0 Å². The van der Waals surface area contributed by atoms with Gasteiger partial charge in [-0.25, -0.2) is 0 Å². The number of nitrogens with one attached hydrogen (secondary N) is 2. The van der Waals surface area contributed by atoms with Crippen LogP contribution in [0.3, 0.4) is 0 Å². The van der Waals surface area contributed by atoms with E-state index in [1.807, 2.05) is 36.4 Å². The third-order valence-electron chi connectivity index (χ3n) is 8.57. The summed E-state index contributed by atoms with van der Waals surface area (Å²) in [7, 11) is 0. The molecule has 3 aromatic rings. The zero-order valence-corrected chi connectivity index (χ0v) is 31.2. The Morgan fingerprint density at radius 2 is 0.760 bits per heavy atom. The molecule has 0 aliphatic heterocycles. The van der Waals surface area contributed by atoms with E-state index in [2.05, 4.69) is 37.7 Å². The predicted octanol–water partition coefficient (Wildman–Crippen LogP) is 8.56. The largest absolute Gasteiger partial charge is 0.490 e. The predicted molar refractivity (Wildman–Crippen MR) is 205 cm³/mol. The molecule has 0 atom stereocenters. The summed E-state index contributed by atoms with van der Waals surface area (Å²) in [6.07, 6.45) is 21.1. The Bertz CT molecular complexity index is 1510. The van der Waals surface area contributed by atoms with Gasteiger partial charge in [0.25, 0.3) is 11.1 Å². The van der Waals surface area contributed by atoms with E-state index in [1.54, 1.807) is 12.2 Å². The molecule has 2 N–H and O–H groups in total. The zero-order valence-electron chi connectivity index (χ0n) is 31.2. The van der Waals surface area contributed by atoms with Crippen molar-refractivity contribution < 1.29 is 18.9 Å². The van der Waals surface area contributed by atoms with E-state index < -0.39 is 11.1 Å². The first-order valence-electron chi connectivity index (χ1n) is 19.3. The van der Waals surface area contributed by atoms with Crippen molar-refractivity contribution in [1.82, 2.24) is 9.97 Å². The van der Waals surface area contributed by atoms with E-state index in [0.717, 1.165) is 75.3 Å². The molecule has 1 aromatic heterocycles. The maximum absolute atomic E-state index is 13.2. The number of aromatic nitrogens is 2. The number of aromatic amines is 2. The lowest BCUT2D eigenvalue weighted by atomic mass is 10.1. The van der Waals surface area contributed by atoms with Crippen molar-refractivity contribution in [3.8, 4) is 23.0 Å². The lowest BCUT2D eigenvalue weighted by Crippen LogP contribution is -2.46. The Morgan fingerprint density at radius 1 is 0.440 bits per heavy atom. The second-order valence-corrected chi connectivity index (χ2v) is 13.1. The Kier molecular flexibility index (Phi) is 19.6. The monoisotopic (exact) mass is 690 g/mol. The first-order valence-corrected chi connectivity index (χ1v) is 19.3. The fourth-order valence-corrected chi connectivity index (χ4v) is 5.57. The second kappa shape index (κ2) is 24.2. The quantitative estimate of drug-likeness (QED) is 0.0819. The summed E-state index contributed by atoms with van der Waals surface area (Å²) >= 11 is 0. The Balaban J connectivity index is 1.84. The average molecular weight is 691 g/mol. The lowest BCUT2D eigenvalue weighted by molar-refractivity contribution is 0.259. The van der Waals surface area contributed by atoms with Gasteiger partial charge in [-0.2, -0.15) is 0 Å². The molecule has 0 saturated carbocycles. The van der Waals surface area contributed by atoms with Crippen molar-refractivity contribution >= 4 is 12.2 Å². The van der Waals surface area contributed by atoms with Gasteiger partial charge < -0.3 is 28.9 Å². The number of ether oxygens (including phenoxy) is 4. The van der Waals surface area contributed by atoms with Crippen LogP contribution in [0.15, 0.2) is 46.0 Å². The topological polar surface area (TPSA) is 103 Å². The standard InChI is InChI=1S/C42H62N2O6/c1-5-9-13-17-25-47-37-23-21-33(31-39(37)49-27-19-15-11-7-3)29-35-41(45)44-36(42(46)43-35)30-34-22-24-38(48-26-18-14-10-6-2)40(32-34)50-28-20-16-12-8-4/h21-24,29-32H,5-20,25-28H2,1-4H3,(H,43,46)(H,44,45)/b35-29-,36-30-. The number of rotatable bonds is 26. The smallest absolute Gasteiger partial charge is 0.272 e. The first kappa shape index (κ1) is 40.5. The third kappa shape index (κ3) is 14.9. The van der Waals surface area contributed by atoms with Crippen LogP contribution in [0.4, 0.5) is 0 Å². The number of hydrogen-bond donors (Lipinski definition) is 2. The van der Waals surface area contributed by atoms with Crippen LogP contribution in [0.2, 0.25) is 0 Å².